The molecule has 0 saturated heterocycles. The van der Waals surface area contributed by atoms with E-state index in [-0.39, 0.29) is 19.0 Å². The summed E-state index contributed by atoms with van der Waals surface area (Å²) in [5, 5.41) is 6.77. The van der Waals surface area contributed by atoms with Crippen LogP contribution in [0.4, 0.5) is 9.39 Å². The third-order valence-corrected chi connectivity index (χ3v) is 7.53. The number of carbonyl (C=O) groups excluding carboxylic acids is 3. The van der Waals surface area contributed by atoms with Gasteiger partial charge in [-0.15, -0.1) is 11.3 Å². The molecule has 0 spiro atoms. The average Bonchev–Trinajstić information content (AvgIpc) is 3.13. The third kappa shape index (κ3) is 7.69. The molecule has 2 amide bonds. The zero-order valence-corrected chi connectivity index (χ0v) is 23.8. The summed E-state index contributed by atoms with van der Waals surface area (Å²) in [6.07, 6.45) is 5.91. The maximum absolute atomic E-state index is 13.9. The van der Waals surface area contributed by atoms with E-state index < -0.39 is 17.8 Å². The summed E-state index contributed by atoms with van der Waals surface area (Å²) in [5.74, 6) is -1.97. The van der Waals surface area contributed by atoms with Crippen LogP contribution in [0.1, 0.15) is 65.0 Å². The molecule has 4 rings (SSSR count). The molecule has 0 saturated carbocycles. The predicted octanol–water partition coefficient (Wildman–Crippen LogP) is 5.40. The number of anilines is 1. The quantitative estimate of drug-likeness (QED) is 0.109. The summed E-state index contributed by atoms with van der Waals surface area (Å²) in [5.41, 5.74) is 4.42. The van der Waals surface area contributed by atoms with Crippen LogP contribution in [-0.4, -0.2) is 37.2 Å². The molecule has 1 aliphatic carbocycles. The van der Waals surface area contributed by atoms with E-state index in [1.54, 1.807) is 43.3 Å². The highest BCUT2D eigenvalue weighted by Crippen LogP contribution is 2.38. The minimum Gasteiger partial charge on any atom is -0.490 e. The van der Waals surface area contributed by atoms with Gasteiger partial charge < -0.3 is 19.5 Å². The molecule has 41 heavy (non-hydrogen) atoms. The molecule has 2 N–H and O–H groups in total. The van der Waals surface area contributed by atoms with Crippen molar-refractivity contribution >= 4 is 40.3 Å². The van der Waals surface area contributed by atoms with Crippen molar-refractivity contribution in [2.45, 2.75) is 52.6 Å². The second-order valence-electron chi connectivity index (χ2n) is 9.16. The number of aryl methyl sites for hydroxylation is 1. The van der Waals surface area contributed by atoms with Crippen LogP contribution >= 0.6 is 11.3 Å². The number of fused-ring (bicyclic) bond motifs is 1. The largest absolute Gasteiger partial charge is 0.490 e. The molecule has 0 bridgehead atoms. The highest BCUT2D eigenvalue weighted by molar-refractivity contribution is 7.17. The molecule has 9 nitrogen and oxygen atoms in total. The van der Waals surface area contributed by atoms with Gasteiger partial charge in [0.2, 0.25) is 0 Å². The van der Waals surface area contributed by atoms with E-state index in [1.165, 1.54) is 23.6 Å². The van der Waals surface area contributed by atoms with E-state index >= 15 is 0 Å². The lowest BCUT2D eigenvalue weighted by Crippen LogP contribution is -2.32. The van der Waals surface area contributed by atoms with E-state index in [0.717, 1.165) is 42.5 Å². The summed E-state index contributed by atoms with van der Waals surface area (Å²) in [6.45, 7) is 4.13. The lowest BCUT2D eigenvalue weighted by Gasteiger charge is -2.13. The third-order valence-electron chi connectivity index (χ3n) is 6.32. The van der Waals surface area contributed by atoms with Crippen LogP contribution in [0.25, 0.3) is 0 Å². The van der Waals surface area contributed by atoms with Crippen molar-refractivity contribution in [3.63, 3.8) is 0 Å². The lowest BCUT2D eigenvalue weighted by atomic mass is 10.1. The number of halogens is 1. The first-order valence-electron chi connectivity index (χ1n) is 13.5. The van der Waals surface area contributed by atoms with Gasteiger partial charge in [0.25, 0.3) is 0 Å². The Labute approximate surface area is 241 Å². The number of hydrogen-bond donors (Lipinski definition) is 2. The molecule has 0 unspecified atom stereocenters. The number of nitrogens with one attached hydrogen (secondary N) is 2. The second kappa shape index (κ2) is 14.4. The molecule has 1 heterocycles. The van der Waals surface area contributed by atoms with Crippen molar-refractivity contribution in [1.29, 1.82) is 0 Å². The summed E-state index contributed by atoms with van der Waals surface area (Å²) in [6, 6.07) is 11.3. The molecule has 0 radical (unpaired) electrons. The van der Waals surface area contributed by atoms with Crippen LogP contribution in [0.15, 0.2) is 47.6 Å². The fraction of sp³-hybridized carbons (Fsp3) is 0.333. The van der Waals surface area contributed by atoms with Gasteiger partial charge in [0.15, 0.2) is 11.5 Å². The van der Waals surface area contributed by atoms with Crippen LogP contribution in [0.3, 0.4) is 0 Å². The van der Waals surface area contributed by atoms with Gasteiger partial charge >= 0.3 is 17.8 Å². The monoisotopic (exact) mass is 581 g/mol. The van der Waals surface area contributed by atoms with Crippen LogP contribution in [0, 0.1) is 5.82 Å². The summed E-state index contributed by atoms with van der Waals surface area (Å²) in [4.78, 5) is 38.9. The number of rotatable bonds is 10. The first-order chi connectivity index (χ1) is 19.9. The molecular formula is C30H32FN3O6S. The maximum Gasteiger partial charge on any atom is 0.341 e. The number of nitrogens with zero attached hydrogens (tertiary/aromatic N) is 1. The molecule has 0 atom stereocenters. The minimum absolute atomic E-state index is 0.0243. The molecule has 11 heteroatoms. The summed E-state index contributed by atoms with van der Waals surface area (Å²) in [7, 11) is 0. The smallest absolute Gasteiger partial charge is 0.341 e. The number of esters is 1. The highest BCUT2D eigenvalue weighted by Gasteiger charge is 2.27. The Morgan fingerprint density at radius 3 is 2.56 bits per heavy atom. The van der Waals surface area contributed by atoms with Crippen molar-refractivity contribution in [1.82, 2.24) is 5.43 Å². The number of hydrogen-bond acceptors (Lipinski definition) is 8. The Kier molecular flexibility index (Phi) is 10.4. The number of hydrazone groups is 1. The van der Waals surface area contributed by atoms with Gasteiger partial charge in [0.05, 0.1) is 25.0 Å². The standard InChI is InChI=1S/C30H32FN3O6S/c1-3-38-24-16-19(14-15-23(24)40-18-20-10-8-9-12-22(20)31)17-32-34-28(36)27(35)33-29-26(30(37)39-4-2)21-11-6-5-7-13-25(21)41-29/h8-10,12,14-17H,3-7,11,13,18H2,1-2H3,(H,33,35)(H,34,36)/b32-17+. The van der Waals surface area contributed by atoms with Gasteiger partial charge in [0.1, 0.15) is 17.4 Å². The van der Waals surface area contributed by atoms with E-state index in [4.69, 9.17) is 14.2 Å². The molecule has 1 aromatic heterocycles. The fourth-order valence-corrected chi connectivity index (χ4v) is 5.66. The Morgan fingerprint density at radius 1 is 0.976 bits per heavy atom. The molecule has 1 aliphatic rings. The Morgan fingerprint density at radius 2 is 1.78 bits per heavy atom. The highest BCUT2D eigenvalue weighted by atomic mass is 32.1. The van der Waals surface area contributed by atoms with Crippen molar-refractivity contribution in [2.75, 3.05) is 18.5 Å². The number of benzene rings is 2. The van der Waals surface area contributed by atoms with Crippen LogP contribution in [-0.2, 0) is 33.8 Å². The molecular weight excluding hydrogens is 549 g/mol. The van der Waals surface area contributed by atoms with Gasteiger partial charge in [-0.05, 0) is 74.9 Å². The SMILES string of the molecule is CCOC(=O)c1c(NC(=O)C(=O)N/N=C/c2ccc(OCc3ccccc3F)c(OCC)c2)sc2c1CCCCC2. The van der Waals surface area contributed by atoms with Gasteiger partial charge in [0, 0.05) is 10.4 Å². The van der Waals surface area contributed by atoms with E-state index in [1.807, 2.05) is 6.92 Å². The van der Waals surface area contributed by atoms with Crippen LogP contribution in [0.2, 0.25) is 0 Å². The van der Waals surface area contributed by atoms with E-state index in [0.29, 0.717) is 39.8 Å². The van der Waals surface area contributed by atoms with Crippen molar-refractivity contribution in [2.24, 2.45) is 5.10 Å². The molecule has 0 fully saturated rings. The van der Waals surface area contributed by atoms with Gasteiger partial charge in [-0.25, -0.2) is 14.6 Å². The first-order valence-corrected chi connectivity index (χ1v) is 14.3. The van der Waals surface area contributed by atoms with Crippen molar-refractivity contribution < 1.29 is 33.0 Å². The molecule has 2 aromatic carbocycles. The number of thiophene rings is 1. The maximum atomic E-state index is 13.9. The number of carbonyl (C=O) groups is 3. The number of ether oxygens (including phenoxy) is 3. The van der Waals surface area contributed by atoms with Gasteiger partial charge in [-0.1, -0.05) is 24.6 Å². The zero-order chi connectivity index (χ0) is 29.2. The Balaban J connectivity index is 1.40. The van der Waals surface area contributed by atoms with E-state index in [2.05, 4.69) is 15.8 Å². The Hall–Kier alpha value is -4.25. The Bertz CT molecular complexity index is 1440. The molecule has 216 valence electrons. The topological polar surface area (TPSA) is 115 Å². The predicted molar refractivity (Wildman–Crippen MR) is 154 cm³/mol. The molecule has 3 aromatic rings. The second-order valence-corrected chi connectivity index (χ2v) is 10.3. The van der Waals surface area contributed by atoms with Gasteiger partial charge in [-0.2, -0.15) is 5.10 Å². The zero-order valence-electron chi connectivity index (χ0n) is 23.0. The van der Waals surface area contributed by atoms with Crippen molar-refractivity contribution in [3.05, 3.63) is 75.4 Å². The normalized spacial score (nSPS) is 12.8. The summed E-state index contributed by atoms with van der Waals surface area (Å²) >= 11 is 1.31. The van der Waals surface area contributed by atoms with Crippen LogP contribution < -0.4 is 20.2 Å². The molecule has 0 aliphatic heterocycles. The fourth-order valence-electron chi connectivity index (χ4n) is 4.39. The van der Waals surface area contributed by atoms with Crippen LogP contribution in [0.5, 0.6) is 11.5 Å². The lowest BCUT2D eigenvalue weighted by molar-refractivity contribution is -0.136. The van der Waals surface area contributed by atoms with Crippen molar-refractivity contribution in [3.8, 4) is 11.5 Å². The minimum atomic E-state index is -0.991. The average molecular weight is 582 g/mol. The van der Waals surface area contributed by atoms with E-state index in [9.17, 15) is 18.8 Å². The van der Waals surface area contributed by atoms with Gasteiger partial charge in [-0.3, -0.25) is 9.59 Å². The summed E-state index contributed by atoms with van der Waals surface area (Å²) < 4.78 is 30.6. The first kappa shape index (κ1) is 29.7. The number of amides is 2.